The molecule has 5 rings (SSSR count). The number of amides is 1. The van der Waals surface area contributed by atoms with Crippen LogP contribution in [0.2, 0.25) is 0 Å². The van der Waals surface area contributed by atoms with Crippen molar-refractivity contribution >= 4 is 34.5 Å². The molecule has 0 saturated carbocycles. The highest BCUT2D eigenvalue weighted by molar-refractivity contribution is 7.00. The van der Waals surface area contributed by atoms with E-state index in [4.69, 9.17) is 0 Å². The lowest BCUT2D eigenvalue weighted by Gasteiger charge is -2.23. The van der Waals surface area contributed by atoms with Crippen LogP contribution in [0.25, 0.3) is 22.3 Å². The minimum atomic E-state index is -0.106. The van der Waals surface area contributed by atoms with Crippen LogP contribution in [0.1, 0.15) is 23.5 Å². The average Bonchev–Trinajstić information content (AvgIpc) is 3.28. The first-order valence-corrected chi connectivity index (χ1v) is 8.69. The van der Waals surface area contributed by atoms with Gasteiger partial charge < -0.3 is 5.32 Å². The van der Waals surface area contributed by atoms with E-state index in [-0.39, 0.29) is 11.8 Å². The van der Waals surface area contributed by atoms with Crippen LogP contribution >= 0.6 is 11.7 Å². The number of benzene rings is 2. The van der Waals surface area contributed by atoms with Crippen molar-refractivity contribution in [2.24, 2.45) is 0 Å². The Bertz CT molecular complexity index is 1090. The van der Waals surface area contributed by atoms with E-state index in [0.717, 1.165) is 33.4 Å². The molecule has 2 N–H and O–H groups in total. The van der Waals surface area contributed by atoms with Crippen molar-refractivity contribution in [3.8, 4) is 11.3 Å². The topological polar surface area (TPSA) is 83.6 Å². The van der Waals surface area contributed by atoms with Crippen LogP contribution in [0.3, 0.4) is 0 Å². The molecule has 1 amide bonds. The number of aromatic nitrogens is 4. The summed E-state index contributed by atoms with van der Waals surface area (Å²) in [6.45, 7) is 0. The third-order valence-corrected chi connectivity index (χ3v) is 5.10. The summed E-state index contributed by atoms with van der Waals surface area (Å²) in [7, 11) is 0. The van der Waals surface area contributed by atoms with Crippen molar-refractivity contribution in [1.29, 1.82) is 0 Å². The highest BCUT2D eigenvalue weighted by Crippen LogP contribution is 2.43. The van der Waals surface area contributed by atoms with Gasteiger partial charge in [0.15, 0.2) is 5.82 Å². The van der Waals surface area contributed by atoms with E-state index in [1.165, 1.54) is 11.7 Å². The number of nitrogens with one attached hydrogen (secondary N) is 2. The van der Waals surface area contributed by atoms with Gasteiger partial charge in [0.25, 0.3) is 0 Å². The minimum absolute atomic E-state index is 0.0381. The number of carbonyl (C=O) groups is 1. The Hall–Kier alpha value is -3.06. The van der Waals surface area contributed by atoms with Crippen molar-refractivity contribution < 1.29 is 4.79 Å². The lowest BCUT2D eigenvalue weighted by molar-refractivity contribution is -0.116. The smallest absolute Gasteiger partial charge is 0.226 e. The Morgan fingerprint density at radius 1 is 1.04 bits per heavy atom. The van der Waals surface area contributed by atoms with Crippen LogP contribution in [0.15, 0.2) is 48.5 Å². The van der Waals surface area contributed by atoms with Gasteiger partial charge in [-0.15, -0.1) is 0 Å². The fourth-order valence-corrected chi connectivity index (χ4v) is 4.01. The lowest BCUT2D eigenvalue weighted by Crippen LogP contribution is -2.23. The van der Waals surface area contributed by atoms with E-state index < -0.39 is 0 Å². The monoisotopic (exact) mass is 347 g/mol. The number of nitrogens with zero attached hydrogens (tertiary/aromatic N) is 3. The van der Waals surface area contributed by atoms with Crippen molar-refractivity contribution in [2.45, 2.75) is 12.3 Å². The van der Waals surface area contributed by atoms with Gasteiger partial charge in [-0.3, -0.25) is 9.89 Å². The lowest BCUT2D eigenvalue weighted by atomic mass is 9.84. The van der Waals surface area contributed by atoms with E-state index in [2.05, 4.69) is 24.3 Å². The molecule has 2 aromatic carbocycles. The molecule has 0 saturated heterocycles. The second-order valence-corrected chi connectivity index (χ2v) is 6.54. The fourth-order valence-electron chi connectivity index (χ4n) is 3.45. The fraction of sp³-hybridized carbons (Fsp3) is 0.111. The van der Waals surface area contributed by atoms with Crippen LogP contribution in [0.5, 0.6) is 0 Å². The summed E-state index contributed by atoms with van der Waals surface area (Å²) in [5, 5.41) is 10.3. The number of H-pyrrole nitrogens is 1. The molecule has 2 aromatic heterocycles. The van der Waals surface area contributed by atoms with Crippen LogP contribution in [-0.4, -0.2) is 24.9 Å². The molecular formula is C18H13N5OS. The number of hydrogen-bond donors (Lipinski definition) is 2. The molecule has 0 aliphatic carbocycles. The Morgan fingerprint density at radius 3 is 2.80 bits per heavy atom. The second-order valence-electron chi connectivity index (χ2n) is 6.01. The predicted octanol–water partition coefficient (Wildman–Crippen LogP) is 3.56. The number of carbonyl (C=O) groups excluding carboxylic acids is 1. The molecule has 0 fully saturated rings. The van der Waals surface area contributed by atoms with Gasteiger partial charge in [0.05, 0.1) is 17.4 Å². The van der Waals surface area contributed by atoms with Crippen molar-refractivity contribution in [3.63, 3.8) is 0 Å². The average molecular weight is 347 g/mol. The molecule has 1 atom stereocenters. The summed E-state index contributed by atoms with van der Waals surface area (Å²) in [6, 6.07) is 16.0. The second kappa shape index (κ2) is 5.49. The normalized spacial score (nSPS) is 16.6. The summed E-state index contributed by atoms with van der Waals surface area (Å²) in [4.78, 5) is 12.2. The first-order chi connectivity index (χ1) is 12.3. The zero-order valence-corrected chi connectivity index (χ0v) is 13.9. The highest BCUT2D eigenvalue weighted by atomic mass is 32.1. The van der Waals surface area contributed by atoms with E-state index in [1.807, 2.05) is 48.5 Å². The standard InChI is InChI=1S/C18H13N5OS/c24-14-9-12(11-7-4-8-13-17(11)23-25-22-13)15-16(20-21-18(15)19-14)10-5-2-1-3-6-10/h1-8,12H,9H2,(H2,19,20,21,24)/t12-/m1/s1. The minimum Gasteiger partial charge on any atom is -0.309 e. The number of aromatic amines is 1. The molecule has 122 valence electrons. The summed E-state index contributed by atoms with van der Waals surface area (Å²) < 4.78 is 8.77. The predicted molar refractivity (Wildman–Crippen MR) is 96.5 cm³/mol. The highest BCUT2D eigenvalue weighted by Gasteiger charge is 2.33. The van der Waals surface area contributed by atoms with Gasteiger partial charge in [-0.25, -0.2) is 0 Å². The van der Waals surface area contributed by atoms with Gasteiger partial charge >= 0.3 is 0 Å². The van der Waals surface area contributed by atoms with Crippen molar-refractivity contribution in [2.75, 3.05) is 5.32 Å². The van der Waals surface area contributed by atoms with Gasteiger partial charge in [-0.1, -0.05) is 42.5 Å². The van der Waals surface area contributed by atoms with Gasteiger partial charge in [0, 0.05) is 17.9 Å². The van der Waals surface area contributed by atoms with Crippen molar-refractivity contribution in [3.05, 3.63) is 59.7 Å². The van der Waals surface area contributed by atoms with Crippen LogP contribution in [0, 0.1) is 0 Å². The number of rotatable bonds is 2. The third kappa shape index (κ3) is 2.24. The van der Waals surface area contributed by atoms with Gasteiger partial charge in [-0.05, 0) is 17.2 Å². The molecule has 3 heterocycles. The quantitative estimate of drug-likeness (QED) is 0.581. The molecule has 6 nitrogen and oxygen atoms in total. The number of fused-ring (bicyclic) bond motifs is 2. The zero-order chi connectivity index (χ0) is 16.8. The molecule has 1 aliphatic rings. The van der Waals surface area contributed by atoms with E-state index in [1.54, 1.807) is 0 Å². The Labute approximate surface area is 147 Å². The maximum absolute atomic E-state index is 12.2. The van der Waals surface area contributed by atoms with Gasteiger partial charge in [-0.2, -0.15) is 13.8 Å². The molecule has 1 aliphatic heterocycles. The zero-order valence-electron chi connectivity index (χ0n) is 13.1. The first-order valence-electron chi connectivity index (χ1n) is 7.96. The SMILES string of the molecule is O=C1C[C@H](c2cccc3nsnc23)c2c(n[nH]c2-c2ccccc2)N1. The summed E-state index contributed by atoms with van der Waals surface area (Å²) in [5.41, 5.74) is 5.71. The van der Waals surface area contributed by atoms with Crippen LogP contribution in [-0.2, 0) is 4.79 Å². The Kier molecular flexibility index (Phi) is 3.14. The molecule has 25 heavy (non-hydrogen) atoms. The van der Waals surface area contributed by atoms with Crippen LogP contribution < -0.4 is 5.32 Å². The molecule has 0 radical (unpaired) electrons. The first kappa shape index (κ1) is 14.3. The van der Waals surface area contributed by atoms with E-state index in [0.29, 0.717) is 12.2 Å². The van der Waals surface area contributed by atoms with Crippen LogP contribution in [0.4, 0.5) is 5.82 Å². The van der Waals surface area contributed by atoms with E-state index >= 15 is 0 Å². The number of hydrogen-bond acceptors (Lipinski definition) is 5. The maximum atomic E-state index is 12.2. The maximum Gasteiger partial charge on any atom is 0.226 e. The summed E-state index contributed by atoms with van der Waals surface area (Å²) in [5.74, 6) is 0.453. The summed E-state index contributed by atoms with van der Waals surface area (Å²) in [6.07, 6.45) is 0.364. The molecule has 0 unspecified atom stereocenters. The van der Waals surface area contributed by atoms with Crippen molar-refractivity contribution in [1.82, 2.24) is 18.9 Å². The summed E-state index contributed by atoms with van der Waals surface area (Å²) >= 11 is 1.19. The third-order valence-electron chi connectivity index (χ3n) is 4.55. The molecule has 0 bridgehead atoms. The molecule has 4 aromatic rings. The molecular weight excluding hydrogens is 334 g/mol. The molecule has 7 heteroatoms. The Morgan fingerprint density at radius 2 is 1.92 bits per heavy atom. The Balaban J connectivity index is 1.74. The number of anilines is 1. The molecule has 0 spiro atoms. The van der Waals surface area contributed by atoms with Gasteiger partial charge in [0.2, 0.25) is 5.91 Å². The largest absolute Gasteiger partial charge is 0.309 e. The van der Waals surface area contributed by atoms with Gasteiger partial charge in [0.1, 0.15) is 11.0 Å². The van der Waals surface area contributed by atoms with E-state index in [9.17, 15) is 4.79 Å².